The van der Waals surface area contributed by atoms with Crippen molar-refractivity contribution in [2.24, 2.45) is 39.3 Å². The van der Waals surface area contributed by atoms with Crippen LogP contribution in [0.2, 0.25) is 0 Å². The normalized spacial score (nSPS) is 42.7. The number of allylic oxidation sites excluding steroid dienone is 1. The molecule has 3 aliphatic carbocycles. The highest BCUT2D eigenvalue weighted by molar-refractivity contribution is 5.98. The predicted molar refractivity (Wildman–Crippen MR) is 112 cm³/mol. The number of aliphatic carboxylic acids is 1. The lowest BCUT2D eigenvalue weighted by atomic mass is 9.46. The van der Waals surface area contributed by atoms with Crippen molar-refractivity contribution in [1.29, 1.82) is 0 Å². The molecule has 6 atom stereocenters. The molecule has 2 bridgehead atoms. The Morgan fingerprint density at radius 1 is 1.47 bits per heavy atom. The summed E-state index contributed by atoms with van der Waals surface area (Å²) in [5, 5.41) is 24.5. The van der Waals surface area contributed by atoms with Gasteiger partial charge in [0.15, 0.2) is 17.8 Å². The smallest absolute Gasteiger partial charge is 0.334 e. The fourth-order valence-corrected chi connectivity index (χ4v) is 7.52. The van der Waals surface area contributed by atoms with Crippen LogP contribution in [0.25, 0.3) is 0 Å². The number of hydrogen-bond acceptors (Lipinski definition) is 5. The van der Waals surface area contributed by atoms with Gasteiger partial charge in [-0.15, -0.1) is 0 Å². The van der Waals surface area contributed by atoms with Crippen molar-refractivity contribution in [3.8, 4) is 0 Å². The molecule has 8 heteroatoms. The minimum absolute atomic E-state index is 0.0884. The van der Waals surface area contributed by atoms with Gasteiger partial charge in [-0.1, -0.05) is 13.0 Å². The summed E-state index contributed by atoms with van der Waals surface area (Å²) in [6, 6.07) is 0. The molecule has 30 heavy (non-hydrogen) atoms. The Morgan fingerprint density at radius 2 is 2.20 bits per heavy atom. The van der Waals surface area contributed by atoms with Gasteiger partial charge < -0.3 is 26.2 Å². The zero-order valence-electron chi connectivity index (χ0n) is 17.9. The van der Waals surface area contributed by atoms with Gasteiger partial charge in [-0.05, 0) is 56.1 Å². The molecule has 8 nitrogen and oxygen atoms in total. The van der Waals surface area contributed by atoms with Crippen LogP contribution in [0.3, 0.4) is 0 Å². The van der Waals surface area contributed by atoms with E-state index < -0.39 is 17.0 Å². The van der Waals surface area contributed by atoms with Crippen LogP contribution >= 0.6 is 0 Å². The Labute approximate surface area is 176 Å². The average Bonchev–Trinajstić information content (AvgIpc) is 3.07. The van der Waals surface area contributed by atoms with Crippen molar-refractivity contribution in [3.05, 3.63) is 23.4 Å². The van der Waals surface area contributed by atoms with Gasteiger partial charge in [0.05, 0.1) is 5.57 Å². The number of carboxylic acid groups (broad SMARTS) is 1. The van der Waals surface area contributed by atoms with Gasteiger partial charge in [0.1, 0.15) is 0 Å². The number of carboxylic acids is 1. The molecule has 0 saturated heterocycles. The summed E-state index contributed by atoms with van der Waals surface area (Å²) in [7, 11) is 3.57. The topological polar surface area (TPSA) is 128 Å². The van der Waals surface area contributed by atoms with Crippen molar-refractivity contribution in [1.82, 2.24) is 10.2 Å². The van der Waals surface area contributed by atoms with Crippen LogP contribution in [0, 0.1) is 28.6 Å². The van der Waals surface area contributed by atoms with Crippen LogP contribution in [0.4, 0.5) is 0 Å². The van der Waals surface area contributed by atoms with Crippen LogP contribution in [0.1, 0.15) is 32.6 Å². The van der Waals surface area contributed by atoms with Gasteiger partial charge in [-0.3, -0.25) is 9.79 Å². The highest BCUT2D eigenvalue weighted by Gasteiger charge is 2.74. The maximum absolute atomic E-state index is 12.3. The van der Waals surface area contributed by atoms with Gasteiger partial charge >= 0.3 is 5.97 Å². The number of nitrogens with zero attached hydrogens (tertiary/aromatic N) is 2. The summed E-state index contributed by atoms with van der Waals surface area (Å²) in [5.74, 6) is -0.256. The molecule has 5 N–H and O–H groups in total. The SMILES string of the molecule is CN=C(N)N1C=C[C@H](CNC)[C@@]2(C1)[C@@H]1CC[C@@H](C)[C@]23C[C@](O)(C=O)C(C(=O)O)=C3C1. The molecular weight excluding hydrogens is 384 g/mol. The molecule has 1 heterocycles. The zero-order valence-corrected chi connectivity index (χ0v) is 17.9. The van der Waals surface area contributed by atoms with Gasteiger partial charge in [0.25, 0.3) is 0 Å². The summed E-state index contributed by atoms with van der Waals surface area (Å²) in [5.41, 5.74) is 4.01. The number of aliphatic imine (C=N–C) groups is 1. The highest BCUT2D eigenvalue weighted by atomic mass is 16.4. The molecule has 4 rings (SSSR count). The summed E-state index contributed by atoms with van der Waals surface area (Å²) < 4.78 is 0. The van der Waals surface area contributed by atoms with Crippen molar-refractivity contribution < 1.29 is 19.8 Å². The van der Waals surface area contributed by atoms with Crippen LogP contribution < -0.4 is 11.1 Å². The number of carbonyl (C=O) groups is 2. The Morgan fingerprint density at radius 3 is 2.80 bits per heavy atom. The molecule has 2 fully saturated rings. The maximum atomic E-state index is 12.3. The summed E-state index contributed by atoms with van der Waals surface area (Å²) in [4.78, 5) is 30.4. The van der Waals surface area contributed by atoms with E-state index in [0.717, 1.165) is 25.0 Å². The molecule has 0 aromatic carbocycles. The molecule has 0 aromatic rings. The molecule has 0 unspecified atom stereocenters. The summed E-state index contributed by atoms with van der Waals surface area (Å²) in [6.07, 6.45) is 7.22. The lowest BCUT2D eigenvalue weighted by molar-refractivity contribution is -0.141. The molecule has 0 radical (unpaired) electrons. The quantitative estimate of drug-likeness (QED) is 0.302. The monoisotopic (exact) mass is 416 g/mol. The second kappa shape index (κ2) is 6.92. The largest absolute Gasteiger partial charge is 0.478 e. The third-order valence-electron chi connectivity index (χ3n) is 8.57. The van der Waals surface area contributed by atoms with E-state index >= 15 is 0 Å². The number of guanidine groups is 1. The van der Waals surface area contributed by atoms with E-state index in [1.165, 1.54) is 0 Å². The predicted octanol–water partition coefficient (Wildman–Crippen LogP) is 0.733. The molecule has 2 saturated carbocycles. The molecule has 0 amide bonds. The third-order valence-corrected chi connectivity index (χ3v) is 8.57. The second-order valence-corrected chi connectivity index (χ2v) is 9.48. The molecular formula is C22H32N4O4. The van der Waals surface area contributed by atoms with E-state index in [4.69, 9.17) is 5.73 Å². The van der Waals surface area contributed by atoms with Gasteiger partial charge in [-0.25, -0.2) is 4.79 Å². The zero-order chi connectivity index (χ0) is 21.9. The molecule has 1 aliphatic heterocycles. The number of nitrogens with two attached hydrogens (primary N) is 1. The lowest BCUT2D eigenvalue weighted by Crippen LogP contribution is -2.62. The van der Waals surface area contributed by atoms with Crippen LogP contribution in [-0.4, -0.2) is 66.1 Å². The number of rotatable bonds is 4. The molecule has 2 spiro atoms. The van der Waals surface area contributed by atoms with Crippen molar-refractivity contribution in [2.75, 3.05) is 27.2 Å². The van der Waals surface area contributed by atoms with Crippen LogP contribution in [0.15, 0.2) is 28.4 Å². The van der Waals surface area contributed by atoms with E-state index in [0.29, 0.717) is 25.2 Å². The number of aldehydes is 1. The third kappa shape index (κ3) is 2.37. The number of carbonyl (C=O) groups excluding carboxylic acids is 1. The van der Waals surface area contributed by atoms with E-state index in [1.807, 2.05) is 18.1 Å². The average molecular weight is 417 g/mol. The number of hydrogen-bond donors (Lipinski definition) is 4. The van der Waals surface area contributed by atoms with E-state index in [1.54, 1.807) is 7.05 Å². The fourth-order valence-electron chi connectivity index (χ4n) is 7.52. The van der Waals surface area contributed by atoms with Crippen molar-refractivity contribution in [2.45, 2.75) is 38.2 Å². The van der Waals surface area contributed by atoms with E-state index in [9.17, 15) is 19.8 Å². The summed E-state index contributed by atoms with van der Waals surface area (Å²) >= 11 is 0. The first-order valence-corrected chi connectivity index (χ1v) is 10.7. The minimum atomic E-state index is -1.95. The fraction of sp³-hybridized carbons (Fsp3) is 0.682. The number of nitrogens with one attached hydrogen (secondary N) is 1. The Bertz CT molecular complexity index is 867. The first kappa shape index (κ1) is 21.1. The standard InChI is InChI=1S/C22H32N4O4/c1-13-4-5-14-8-16-17(18(28)29)20(30,12-27)10-21(13,16)22(14)11-26(19(23)25-3)7-6-15(22)9-24-2/h6-7,12-15,24,30H,4-5,8-11H2,1-3H3,(H2,23,25)(H,28,29)/t13-,14-,15-,20+,21+,22-/m1/s1. The summed E-state index contributed by atoms with van der Waals surface area (Å²) in [6.45, 7) is 3.47. The molecule has 4 aliphatic rings. The van der Waals surface area contributed by atoms with Gasteiger partial charge in [-0.2, -0.15) is 0 Å². The highest BCUT2D eigenvalue weighted by Crippen LogP contribution is 2.76. The Kier molecular flexibility index (Phi) is 4.86. The maximum Gasteiger partial charge on any atom is 0.334 e. The lowest BCUT2D eigenvalue weighted by Gasteiger charge is -2.60. The first-order chi connectivity index (χ1) is 14.2. The van der Waals surface area contributed by atoms with Crippen molar-refractivity contribution >= 4 is 18.2 Å². The first-order valence-electron chi connectivity index (χ1n) is 10.7. The van der Waals surface area contributed by atoms with Crippen molar-refractivity contribution in [3.63, 3.8) is 0 Å². The van der Waals surface area contributed by atoms with Gasteiger partial charge in [0, 0.05) is 37.2 Å². The second-order valence-electron chi connectivity index (χ2n) is 9.48. The van der Waals surface area contributed by atoms with Crippen LogP contribution in [0.5, 0.6) is 0 Å². The molecule has 0 aromatic heterocycles. The van der Waals surface area contributed by atoms with E-state index in [-0.39, 0.29) is 35.2 Å². The van der Waals surface area contributed by atoms with E-state index in [2.05, 4.69) is 23.3 Å². The van der Waals surface area contributed by atoms with Gasteiger partial charge in [0.2, 0.25) is 0 Å². The van der Waals surface area contributed by atoms with Crippen LogP contribution in [-0.2, 0) is 9.59 Å². The Balaban J connectivity index is 1.99. The number of aliphatic hydroxyl groups is 1. The Hall–Kier alpha value is -2.19. The molecule has 164 valence electrons. The minimum Gasteiger partial charge on any atom is -0.478 e.